The van der Waals surface area contributed by atoms with Crippen molar-refractivity contribution in [1.29, 1.82) is 0 Å². The summed E-state index contributed by atoms with van der Waals surface area (Å²) in [6, 6.07) is 7.91. The molecule has 1 atom stereocenters. The zero-order valence-electron chi connectivity index (χ0n) is 9.72. The van der Waals surface area contributed by atoms with Crippen molar-refractivity contribution in [1.82, 2.24) is 4.98 Å². The van der Waals surface area contributed by atoms with Crippen LogP contribution in [0.25, 0.3) is 0 Å². The van der Waals surface area contributed by atoms with Crippen molar-refractivity contribution in [2.75, 3.05) is 0 Å². The standard InChI is InChI=1S/C13H10BrFN2O.ClH/c14-11-7-9(5-6-17-11)12(16)13(18)8-1-3-10(15)4-2-8;/h1-7,12H,16H2;1H. The van der Waals surface area contributed by atoms with E-state index < -0.39 is 6.04 Å². The van der Waals surface area contributed by atoms with Crippen molar-refractivity contribution in [3.8, 4) is 0 Å². The fourth-order valence-corrected chi connectivity index (χ4v) is 1.94. The molecule has 1 aromatic heterocycles. The van der Waals surface area contributed by atoms with E-state index in [1.54, 1.807) is 18.3 Å². The van der Waals surface area contributed by atoms with Crippen LogP contribution < -0.4 is 5.73 Å². The first kappa shape index (κ1) is 15.8. The van der Waals surface area contributed by atoms with E-state index in [0.717, 1.165) is 0 Å². The average Bonchev–Trinajstić information content (AvgIpc) is 2.38. The van der Waals surface area contributed by atoms with Gasteiger partial charge in [0.1, 0.15) is 10.4 Å². The second-order valence-corrected chi connectivity index (χ2v) is 4.57. The minimum atomic E-state index is -0.783. The zero-order valence-corrected chi connectivity index (χ0v) is 12.1. The average molecular weight is 346 g/mol. The lowest BCUT2D eigenvalue weighted by molar-refractivity contribution is 0.0961. The van der Waals surface area contributed by atoms with Crippen LogP contribution in [0, 0.1) is 5.82 Å². The van der Waals surface area contributed by atoms with Crippen molar-refractivity contribution in [3.63, 3.8) is 0 Å². The highest BCUT2D eigenvalue weighted by atomic mass is 79.9. The van der Waals surface area contributed by atoms with Gasteiger partial charge in [-0.05, 0) is 57.9 Å². The monoisotopic (exact) mass is 344 g/mol. The number of carbonyl (C=O) groups is 1. The summed E-state index contributed by atoms with van der Waals surface area (Å²) in [5, 5.41) is 0. The first-order valence-electron chi connectivity index (χ1n) is 5.25. The number of nitrogens with zero attached hydrogens (tertiary/aromatic N) is 1. The lowest BCUT2D eigenvalue weighted by atomic mass is 9.99. The maximum absolute atomic E-state index is 12.8. The van der Waals surface area contributed by atoms with Gasteiger partial charge in [0.2, 0.25) is 0 Å². The molecule has 1 unspecified atom stereocenters. The van der Waals surface area contributed by atoms with Crippen molar-refractivity contribution in [2.24, 2.45) is 5.73 Å². The summed E-state index contributed by atoms with van der Waals surface area (Å²) >= 11 is 3.22. The van der Waals surface area contributed by atoms with Gasteiger partial charge in [0.25, 0.3) is 0 Å². The van der Waals surface area contributed by atoms with E-state index in [4.69, 9.17) is 5.73 Å². The van der Waals surface area contributed by atoms with Gasteiger partial charge in [-0.1, -0.05) is 0 Å². The minimum Gasteiger partial charge on any atom is -0.318 e. The molecule has 0 aliphatic rings. The Morgan fingerprint density at radius 1 is 1.26 bits per heavy atom. The summed E-state index contributed by atoms with van der Waals surface area (Å²) < 4.78 is 13.4. The SMILES string of the molecule is Cl.NC(C(=O)c1ccc(F)cc1)c1ccnc(Br)c1. The van der Waals surface area contributed by atoms with Gasteiger partial charge in [0, 0.05) is 11.8 Å². The number of pyridine rings is 1. The van der Waals surface area contributed by atoms with Crippen LogP contribution in [-0.4, -0.2) is 10.8 Å². The lowest BCUT2D eigenvalue weighted by Gasteiger charge is -2.11. The molecule has 19 heavy (non-hydrogen) atoms. The summed E-state index contributed by atoms with van der Waals surface area (Å²) in [6.07, 6.45) is 1.57. The Kier molecular flexibility index (Phi) is 5.60. The van der Waals surface area contributed by atoms with E-state index in [0.29, 0.717) is 15.7 Å². The predicted molar refractivity (Wildman–Crippen MR) is 76.8 cm³/mol. The van der Waals surface area contributed by atoms with Gasteiger partial charge >= 0.3 is 0 Å². The Bertz CT molecular complexity index is 577. The smallest absolute Gasteiger partial charge is 0.184 e. The molecule has 0 saturated heterocycles. The van der Waals surface area contributed by atoms with Crippen LogP contribution in [0.2, 0.25) is 0 Å². The number of nitrogens with two attached hydrogens (primary N) is 1. The van der Waals surface area contributed by atoms with Crippen LogP contribution in [0.4, 0.5) is 4.39 Å². The van der Waals surface area contributed by atoms with Crippen LogP contribution in [0.3, 0.4) is 0 Å². The van der Waals surface area contributed by atoms with E-state index in [1.807, 2.05) is 0 Å². The van der Waals surface area contributed by atoms with Crippen molar-refractivity contribution >= 4 is 34.1 Å². The minimum absolute atomic E-state index is 0. The maximum Gasteiger partial charge on any atom is 0.184 e. The largest absolute Gasteiger partial charge is 0.318 e. The molecular weight excluding hydrogens is 335 g/mol. The molecule has 1 aromatic carbocycles. The van der Waals surface area contributed by atoms with Crippen LogP contribution in [-0.2, 0) is 0 Å². The number of ketones is 1. The van der Waals surface area contributed by atoms with Crippen LogP contribution in [0.1, 0.15) is 22.0 Å². The summed E-state index contributed by atoms with van der Waals surface area (Å²) in [5.41, 5.74) is 6.93. The molecule has 0 saturated carbocycles. The highest BCUT2D eigenvalue weighted by Crippen LogP contribution is 2.18. The normalized spacial score (nSPS) is 11.5. The number of aromatic nitrogens is 1. The molecule has 1 heterocycles. The number of benzene rings is 1. The van der Waals surface area contributed by atoms with Gasteiger partial charge < -0.3 is 5.73 Å². The fourth-order valence-electron chi connectivity index (χ4n) is 1.56. The van der Waals surface area contributed by atoms with Gasteiger partial charge in [-0.2, -0.15) is 0 Å². The molecule has 2 aromatic rings. The van der Waals surface area contributed by atoms with Gasteiger partial charge in [-0.3, -0.25) is 4.79 Å². The number of hydrogen-bond acceptors (Lipinski definition) is 3. The van der Waals surface area contributed by atoms with E-state index in [-0.39, 0.29) is 24.0 Å². The third-order valence-corrected chi connectivity index (χ3v) is 2.95. The molecule has 0 aliphatic heterocycles. The Hall–Kier alpha value is -1.30. The second kappa shape index (κ2) is 6.75. The first-order valence-corrected chi connectivity index (χ1v) is 6.04. The highest BCUT2D eigenvalue weighted by molar-refractivity contribution is 9.10. The summed E-state index contributed by atoms with van der Waals surface area (Å²) in [7, 11) is 0. The molecule has 0 radical (unpaired) electrons. The van der Waals surface area contributed by atoms with E-state index in [2.05, 4.69) is 20.9 Å². The number of halogens is 3. The van der Waals surface area contributed by atoms with E-state index in [1.165, 1.54) is 24.3 Å². The first-order chi connectivity index (χ1) is 8.58. The molecule has 0 spiro atoms. The van der Waals surface area contributed by atoms with Gasteiger partial charge in [0.15, 0.2) is 5.78 Å². The van der Waals surface area contributed by atoms with Gasteiger partial charge in [0.05, 0.1) is 6.04 Å². The molecule has 2 N–H and O–H groups in total. The van der Waals surface area contributed by atoms with Crippen molar-refractivity contribution in [3.05, 3.63) is 64.1 Å². The zero-order chi connectivity index (χ0) is 13.1. The van der Waals surface area contributed by atoms with Crippen molar-refractivity contribution in [2.45, 2.75) is 6.04 Å². The third kappa shape index (κ3) is 3.83. The molecule has 0 bridgehead atoms. The number of carbonyl (C=O) groups excluding carboxylic acids is 1. The lowest BCUT2D eigenvalue weighted by Crippen LogP contribution is -2.21. The Labute approximate surface area is 124 Å². The summed E-state index contributed by atoms with van der Waals surface area (Å²) in [4.78, 5) is 16.1. The molecule has 6 heteroatoms. The van der Waals surface area contributed by atoms with Crippen molar-refractivity contribution < 1.29 is 9.18 Å². The number of Topliss-reactive ketones (excluding diaryl/α,β-unsaturated/α-hetero) is 1. The molecule has 100 valence electrons. The van der Waals surface area contributed by atoms with Crippen LogP contribution >= 0.6 is 28.3 Å². The molecule has 0 aliphatic carbocycles. The second-order valence-electron chi connectivity index (χ2n) is 3.76. The number of rotatable bonds is 3. The Balaban J connectivity index is 0.00000180. The number of hydrogen-bond donors (Lipinski definition) is 1. The topological polar surface area (TPSA) is 56.0 Å². The quantitative estimate of drug-likeness (QED) is 0.686. The van der Waals surface area contributed by atoms with E-state index in [9.17, 15) is 9.18 Å². The maximum atomic E-state index is 12.8. The predicted octanol–water partition coefficient (Wildman–Crippen LogP) is 3.29. The van der Waals surface area contributed by atoms with Gasteiger partial charge in [-0.15, -0.1) is 12.4 Å². The summed E-state index contributed by atoms with van der Waals surface area (Å²) in [5.74, 6) is -0.639. The molecule has 3 nitrogen and oxygen atoms in total. The van der Waals surface area contributed by atoms with Crippen LogP contribution in [0.5, 0.6) is 0 Å². The molecular formula is C13H11BrClFN2O. The van der Waals surface area contributed by atoms with E-state index >= 15 is 0 Å². The molecule has 0 fully saturated rings. The van der Waals surface area contributed by atoms with Gasteiger partial charge in [-0.25, -0.2) is 9.37 Å². The highest BCUT2D eigenvalue weighted by Gasteiger charge is 2.18. The third-order valence-electron chi connectivity index (χ3n) is 2.52. The molecule has 0 amide bonds. The van der Waals surface area contributed by atoms with Crippen LogP contribution in [0.15, 0.2) is 47.2 Å². The Morgan fingerprint density at radius 2 is 1.89 bits per heavy atom. The Morgan fingerprint density at radius 3 is 2.47 bits per heavy atom. The molecule has 2 rings (SSSR count). The fraction of sp³-hybridized carbons (Fsp3) is 0.0769. The summed E-state index contributed by atoms with van der Waals surface area (Å²) in [6.45, 7) is 0.